The number of hydrogen-bond acceptors (Lipinski definition) is 12. The molecule has 0 aromatic heterocycles. The maximum atomic E-state index is 12.4. The Balaban J connectivity index is -0.000000994. The van der Waals surface area contributed by atoms with Crippen molar-refractivity contribution in [3.8, 4) is 0 Å². The molecule has 1 fully saturated rings. The van der Waals surface area contributed by atoms with E-state index in [1.807, 2.05) is 87.3 Å². The Hall–Kier alpha value is -2.62. The van der Waals surface area contributed by atoms with Gasteiger partial charge in [-0.05, 0) is 80.7 Å². The summed E-state index contributed by atoms with van der Waals surface area (Å²) in [6.07, 6.45) is 1.99. The van der Waals surface area contributed by atoms with Crippen molar-refractivity contribution in [1.29, 1.82) is 0 Å². The molecule has 0 aromatic rings. The normalized spacial score (nSPS) is 15.4. The number of carbonyl (C=O) groups is 5. The van der Waals surface area contributed by atoms with Gasteiger partial charge in [-0.1, -0.05) is 13.8 Å². The minimum absolute atomic E-state index is 0.149. The Morgan fingerprint density at radius 2 is 1.23 bits per heavy atom. The van der Waals surface area contributed by atoms with Crippen molar-refractivity contribution < 1.29 is 43.3 Å². The largest absolute Gasteiger partial charge is 0.480 e. The molecule has 1 atom stereocenters. The van der Waals surface area contributed by atoms with Gasteiger partial charge in [-0.15, -0.1) is 0 Å². The lowest BCUT2D eigenvalue weighted by Crippen LogP contribution is -2.49. The second-order valence-electron chi connectivity index (χ2n) is 13.1. The SMILES string of the molecule is CC.CC(C)(C)OC=O.CC(C)(C)OC=O.CSCCC(NC(=O)CN1CCNCCN(C(=O)OC(C)(C)C)CCNCC1)C(=O)O. The third-order valence-electron chi connectivity index (χ3n) is 5.39. The predicted octanol–water partition coefficient (Wildman–Crippen LogP) is 2.98. The molecule has 4 N–H and O–H groups in total. The van der Waals surface area contributed by atoms with Crippen molar-refractivity contribution in [2.75, 3.05) is 70.9 Å². The minimum Gasteiger partial charge on any atom is -0.480 e. The number of amides is 2. The zero-order valence-electron chi connectivity index (χ0n) is 31.0. The summed E-state index contributed by atoms with van der Waals surface area (Å²) in [6, 6.07) is -0.859. The molecule has 278 valence electrons. The monoisotopic (exact) mass is 695 g/mol. The lowest BCUT2D eigenvalue weighted by Gasteiger charge is -2.29. The third-order valence-corrected chi connectivity index (χ3v) is 6.04. The molecule has 0 radical (unpaired) electrons. The van der Waals surface area contributed by atoms with Gasteiger partial charge in [-0.2, -0.15) is 11.8 Å². The molecule has 0 saturated carbocycles. The van der Waals surface area contributed by atoms with E-state index in [1.54, 1.807) is 16.7 Å². The number of carbonyl (C=O) groups excluding carboxylic acids is 4. The van der Waals surface area contributed by atoms with Crippen LogP contribution in [0.2, 0.25) is 0 Å². The standard InChI is InChI=1S/C20H39N5O5S.2C5H10O2.C2H6/c1-20(2,3)30-19(29)25-12-8-21-6-10-24(11-7-22-9-13-25)15-17(26)23-16(18(27)28)5-14-31-4;2*1-5(2,3)7-4-6;1-2/h16,21-22H,5-15H2,1-4H3,(H,23,26)(H,27,28);2*4H,1-3H3;1-2H3. The van der Waals surface area contributed by atoms with E-state index in [2.05, 4.69) is 25.4 Å². The van der Waals surface area contributed by atoms with Gasteiger partial charge in [-0.25, -0.2) is 9.59 Å². The molecule has 0 bridgehead atoms. The van der Waals surface area contributed by atoms with Gasteiger partial charge in [0.2, 0.25) is 5.91 Å². The van der Waals surface area contributed by atoms with Crippen LogP contribution in [0.3, 0.4) is 0 Å². The van der Waals surface area contributed by atoms with Gasteiger partial charge in [0, 0.05) is 52.4 Å². The Morgan fingerprint density at radius 1 is 0.809 bits per heavy atom. The van der Waals surface area contributed by atoms with E-state index in [0.717, 1.165) is 0 Å². The summed E-state index contributed by atoms with van der Waals surface area (Å²) >= 11 is 1.55. The summed E-state index contributed by atoms with van der Waals surface area (Å²) in [6.45, 7) is 26.5. The average molecular weight is 696 g/mol. The van der Waals surface area contributed by atoms with E-state index in [4.69, 9.17) is 4.74 Å². The number of nitrogens with one attached hydrogen (secondary N) is 3. The first-order chi connectivity index (χ1) is 21.7. The number of aliphatic carboxylic acids is 1. The van der Waals surface area contributed by atoms with Crippen LogP contribution in [-0.4, -0.2) is 140 Å². The van der Waals surface area contributed by atoms with E-state index in [-0.39, 0.29) is 29.7 Å². The van der Waals surface area contributed by atoms with E-state index in [9.17, 15) is 29.1 Å². The van der Waals surface area contributed by atoms with Gasteiger partial charge in [0.1, 0.15) is 22.8 Å². The fourth-order valence-electron chi connectivity index (χ4n) is 3.27. The van der Waals surface area contributed by atoms with Crippen LogP contribution in [0.5, 0.6) is 0 Å². The highest BCUT2D eigenvalue weighted by atomic mass is 32.2. The third kappa shape index (κ3) is 34.5. The molecule has 47 heavy (non-hydrogen) atoms. The van der Waals surface area contributed by atoms with Gasteiger partial charge >= 0.3 is 12.1 Å². The fourth-order valence-corrected chi connectivity index (χ4v) is 3.74. The molecule has 1 unspecified atom stereocenters. The van der Waals surface area contributed by atoms with Gasteiger partial charge in [0.15, 0.2) is 0 Å². The Bertz CT molecular complexity index is 825. The minimum atomic E-state index is -1.01. The first-order valence-corrected chi connectivity index (χ1v) is 17.5. The number of rotatable bonds is 9. The highest BCUT2D eigenvalue weighted by Gasteiger charge is 2.23. The molecule has 1 rings (SSSR count). The van der Waals surface area contributed by atoms with Crippen molar-refractivity contribution in [3.05, 3.63) is 0 Å². The van der Waals surface area contributed by atoms with E-state index in [1.165, 1.54) is 0 Å². The Morgan fingerprint density at radius 3 is 1.55 bits per heavy atom. The van der Waals surface area contributed by atoms with Crippen LogP contribution < -0.4 is 16.0 Å². The average Bonchev–Trinajstić information content (AvgIpc) is 2.92. The van der Waals surface area contributed by atoms with Gasteiger partial charge in [-0.3, -0.25) is 19.3 Å². The maximum Gasteiger partial charge on any atom is 0.410 e. The van der Waals surface area contributed by atoms with Crippen molar-refractivity contribution in [1.82, 2.24) is 25.8 Å². The van der Waals surface area contributed by atoms with Crippen LogP contribution in [0.4, 0.5) is 4.79 Å². The summed E-state index contributed by atoms with van der Waals surface area (Å²) in [7, 11) is 0. The quantitative estimate of drug-likeness (QED) is 0.205. The summed E-state index contributed by atoms with van der Waals surface area (Å²) in [4.78, 5) is 59.0. The molecule has 14 nitrogen and oxygen atoms in total. The smallest absolute Gasteiger partial charge is 0.410 e. The number of hydrogen-bond donors (Lipinski definition) is 4. The van der Waals surface area contributed by atoms with Crippen LogP contribution in [0, 0.1) is 0 Å². The van der Waals surface area contributed by atoms with Crippen molar-refractivity contribution in [2.45, 2.75) is 105 Å². The lowest BCUT2D eigenvalue weighted by molar-refractivity contribution is -0.142. The fraction of sp³-hybridized carbons (Fsp3) is 0.844. The first-order valence-electron chi connectivity index (χ1n) is 16.1. The number of carboxylic acid groups (broad SMARTS) is 1. The van der Waals surface area contributed by atoms with Crippen LogP contribution in [-0.2, 0) is 33.4 Å². The molecule has 1 saturated heterocycles. The highest BCUT2D eigenvalue weighted by Crippen LogP contribution is 2.10. The van der Waals surface area contributed by atoms with E-state index in [0.29, 0.717) is 77.5 Å². The zero-order chi connectivity index (χ0) is 37.1. The van der Waals surface area contributed by atoms with Gasteiger partial charge in [0.05, 0.1) is 6.54 Å². The highest BCUT2D eigenvalue weighted by molar-refractivity contribution is 7.98. The topological polar surface area (TPSA) is 176 Å². The molecule has 0 spiro atoms. The van der Waals surface area contributed by atoms with E-state index >= 15 is 0 Å². The summed E-state index contributed by atoms with van der Waals surface area (Å²) in [5.74, 6) is -0.611. The van der Waals surface area contributed by atoms with Crippen molar-refractivity contribution >= 4 is 42.7 Å². The predicted molar refractivity (Wildman–Crippen MR) is 188 cm³/mol. The maximum absolute atomic E-state index is 12.4. The zero-order valence-corrected chi connectivity index (χ0v) is 31.8. The lowest BCUT2D eigenvalue weighted by atomic mass is 10.2. The van der Waals surface area contributed by atoms with E-state index < -0.39 is 17.6 Å². The molecule has 15 heteroatoms. The Labute approximate surface area is 287 Å². The number of ether oxygens (including phenoxy) is 3. The van der Waals surface area contributed by atoms with Gasteiger partial charge in [0.25, 0.3) is 12.9 Å². The molecular weight excluding hydrogens is 630 g/mol. The molecule has 1 aliphatic heterocycles. The number of carboxylic acids is 1. The van der Waals surface area contributed by atoms with Crippen molar-refractivity contribution in [2.24, 2.45) is 0 Å². The summed E-state index contributed by atoms with van der Waals surface area (Å²) < 4.78 is 14.6. The van der Waals surface area contributed by atoms with Crippen LogP contribution in [0.25, 0.3) is 0 Å². The molecule has 0 aliphatic carbocycles. The number of thioether (sulfide) groups is 1. The van der Waals surface area contributed by atoms with Crippen LogP contribution >= 0.6 is 11.8 Å². The van der Waals surface area contributed by atoms with Crippen molar-refractivity contribution in [3.63, 3.8) is 0 Å². The first kappa shape index (κ1) is 48.8. The Kier molecular flexibility index (Phi) is 28.4. The second-order valence-corrected chi connectivity index (χ2v) is 14.1. The molecule has 0 aromatic carbocycles. The number of nitrogens with zero attached hydrogens (tertiary/aromatic N) is 2. The molecule has 2 amide bonds. The molecular formula is C32H65N5O9S. The van der Waals surface area contributed by atoms with Gasteiger partial charge < -0.3 is 40.2 Å². The summed E-state index contributed by atoms with van der Waals surface area (Å²) in [5.41, 5.74) is -1.17. The van der Waals surface area contributed by atoms with Crippen LogP contribution in [0.1, 0.15) is 82.6 Å². The molecule has 1 aliphatic rings. The second kappa shape index (κ2) is 27.3. The molecule has 1 heterocycles. The summed E-state index contributed by atoms with van der Waals surface area (Å²) in [5, 5.41) is 18.5. The van der Waals surface area contributed by atoms with Crippen LogP contribution in [0.15, 0.2) is 0 Å².